The predicted molar refractivity (Wildman–Crippen MR) is 198 cm³/mol. The number of benzene rings is 2. The highest BCUT2D eigenvalue weighted by molar-refractivity contribution is 6.13. The van der Waals surface area contributed by atoms with E-state index in [2.05, 4.69) is 37.1 Å². The molecule has 2 heterocycles. The van der Waals surface area contributed by atoms with Gasteiger partial charge in [0.25, 0.3) is 5.91 Å². The first-order chi connectivity index (χ1) is 22.5. The zero-order valence-corrected chi connectivity index (χ0v) is 30.2. The Bertz CT molecular complexity index is 1680. The first-order valence-corrected chi connectivity index (χ1v) is 16.7. The van der Waals surface area contributed by atoms with Crippen molar-refractivity contribution in [2.75, 3.05) is 5.32 Å². The second-order valence-corrected chi connectivity index (χ2v) is 11.7. The lowest BCUT2D eigenvalue weighted by Crippen LogP contribution is -2.14. The molecular formula is C41H53N3O3. The van der Waals surface area contributed by atoms with Crippen LogP contribution >= 0.6 is 0 Å². The van der Waals surface area contributed by atoms with E-state index in [1.807, 2.05) is 85.7 Å². The summed E-state index contributed by atoms with van der Waals surface area (Å²) < 4.78 is 5.64. The van der Waals surface area contributed by atoms with Gasteiger partial charge in [-0.05, 0) is 120 Å². The number of aryl methyl sites for hydroxylation is 2. The summed E-state index contributed by atoms with van der Waals surface area (Å²) in [5.74, 6) is 1.97. The van der Waals surface area contributed by atoms with Crippen LogP contribution < -0.4 is 5.32 Å². The van der Waals surface area contributed by atoms with Gasteiger partial charge < -0.3 is 10.1 Å². The number of allylic oxidation sites excluding steroid dienone is 4. The smallest absolute Gasteiger partial charge is 0.256 e. The first kappa shape index (κ1) is 38.6. The molecule has 6 heteroatoms. The lowest BCUT2D eigenvalue weighted by atomic mass is 9.97. The fraction of sp³-hybridized carbons (Fsp3) is 0.366. The number of ether oxygens (including phenoxy) is 1. The zero-order chi connectivity index (χ0) is 35.1. The zero-order valence-electron chi connectivity index (χ0n) is 30.2. The van der Waals surface area contributed by atoms with Crippen LogP contribution in [0, 0.1) is 19.8 Å². The average Bonchev–Trinajstić information content (AvgIpc) is 3.08. The second kappa shape index (κ2) is 19.2. The number of nitrogens with zero attached hydrogens (tertiary/aromatic N) is 2. The van der Waals surface area contributed by atoms with Gasteiger partial charge >= 0.3 is 0 Å². The molecule has 6 nitrogen and oxygen atoms in total. The molecule has 0 radical (unpaired) electrons. The number of Topliss-reactive ketones (excluding diaryl/α,β-unsaturated/α-hetero) is 1. The summed E-state index contributed by atoms with van der Waals surface area (Å²) >= 11 is 0. The van der Waals surface area contributed by atoms with E-state index < -0.39 is 0 Å². The van der Waals surface area contributed by atoms with Crippen LogP contribution in [0.2, 0.25) is 0 Å². The monoisotopic (exact) mass is 635 g/mol. The maximum absolute atomic E-state index is 13.4. The Hall–Kier alpha value is -4.58. The molecule has 0 fully saturated rings. The lowest BCUT2D eigenvalue weighted by Gasteiger charge is -2.13. The van der Waals surface area contributed by atoms with Crippen molar-refractivity contribution in [3.8, 4) is 11.3 Å². The maximum atomic E-state index is 13.4. The molecule has 0 saturated heterocycles. The molecule has 0 saturated carbocycles. The topological polar surface area (TPSA) is 81.2 Å². The van der Waals surface area contributed by atoms with E-state index >= 15 is 0 Å². The maximum Gasteiger partial charge on any atom is 0.256 e. The summed E-state index contributed by atoms with van der Waals surface area (Å²) in [7, 11) is 0. The van der Waals surface area contributed by atoms with Gasteiger partial charge in [-0.3, -0.25) is 14.6 Å². The molecule has 4 rings (SSSR count). The van der Waals surface area contributed by atoms with Gasteiger partial charge in [-0.25, -0.2) is 4.98 Å². The van der Waals surface area contributed by atoms with Gasteiger partial charge in [0.2, 0.25) is 0 Å². The number of hydrogen-bond donors (Lipinski definition) is 1. The van der Waals surface area contributed by atoms with Crippen LogP contribution in [-0.2, 0) is 4.74 Å². The number of pyridine rings is 2. The van der Waals surface area contributed by atoms with Crippen LogP contribution in [0.3, 0.4) is 0 Å². The van der Waals surface area contributed by atoms with Crippen molar-refractivity contribution in [1.29, 1.82) is 0 Å². The fourth-order valence-electron chi connectivity index (χ4n) is 4.80. The Labute approximate surface area is 282 Å². The number of nitrogens with one attached hydrogen (secondary N) is 1. The quantitative estimate of drug-likeness (QED) is 0.138. The van der Waals surface area contributed by atoms with E-state index in [1.165, 1.54) is 5.57 Å². The first-order valence-electron chi connectivity index (χ1n) is 16.7. The number of fused-ring (bicyclic) bond motifs is 1. The summed E-state index contributed by atoms with van der Waals surface area (Å²) in [6.45, 7) is 22.3. The van der Waals surface area contributed by atoms with Gasteiger partial charge in [0, 0.05) is 46.9 Å². The number of aromatic nitrogens is 2. The van der Waals surface area contributed by atoms with Crippen molar-refractivity contribution in [1.82, 2.24) is 9.97 Å². The highest BCUT2D eigenvalue weighted by Gasteiger charge is 2.17. The second-order valence-electron chi connectivity index (χ2n) is 11.7. The van der Waals surface area contributed by atoms with Crippen molar-refractivity contribution in [2.45, 2.75) is 95.4 Å². The SMILES string of the molecule is C/C=C(/C)OC(CCC)=C(C)C.CC.CC[C@@H](C)C(=O)c1ccc(NC(=O)c2cc(-c3cccnc3)nc3c(C)cc(C)cc23)cc1. The minimum absolute atomic E-state index is 0.0222. The third-order valence-electron chi connectivity index (χ3n) is 7.66. The Morgan fingerprint density at radius 2 is 1.66 bits per heavy atom. The summed E-state index contributed by atoms with van der Waals surface area (Å²) in [5, 5.41) is 3.79. The standard InChI is InChI=1S/C28H27N3O2.C11H20O.C2H6/c1-5-18(3)27(32)20-8-10-22(11-9-20)30-28(33)24-15-25(21-7-6-12-29-16-21)31-26-19(4)13-17(2)14-23(24)26;1-6-8-11(9(3)4)12-10(5)7-2;1-2/h6-16,18H,5H2,1-4H3,(H,30,33);7H,6,8H2,1-5H3;1-2H3/b;10-7-;/t18-;;/m1../s1. The highest BCUT2D eigenvalue weighted by Crippen LogP contribution is 2.28. The van der Waals surface area contributed by atoms with Crippen molar-refractivity contribution < 1.29 is 14.3 Å². The highest BCUT2D eigenvalue weighted by atomic mass is 16.5. The number of amides is 1. The van der Waals surface area contributed by atoms with Crippen molar-refractivity contribution in [3.63, 3.8) is 0 Å². The molecule has 0 aliphatic rings. The number of rotatable bonds is 10. The molecule has 4 aromatic rings. The number of anilines is 1. The van der Waals surface area contributed by atoms with Gasteiger partial charge in [-0.2, -0.15) is 0 Å². The Morgan fingerprint density at radius 3 is 2.21 bits per heavy atom. The number of hydrogen-bond acceptors (Lipinski definition) is 5. The van der Waals surface area contributed by atoms with E-state index in [1.54, 1.807) is 36.7 Å². The fourth-order valence-corrected chi connectivity index (χ4v) is 4.80. The lowest BCUT2D eigenvalue weighted by molar-refractivity contribution is 0.0927. The largest absolute Gasteiger partial charge is 0.467 e. The Morgan fingerprint density at radius 1 is 0.979 bits per heavy atom. The van der Waals surface area contributed by atoms with Gasteiger partial charge in [0.15, 0.2) is 5.78 Å². The molecule has 250 valence electrons. The van der Waals surface area contributed by atoms with Gasteiger partial charge in [-0.15, -0.1) is 0 Å². The third kappa shape index (κ3) is 11.0. The van der Waals surface area contributed by atoms with Crippen molar-refractivity contribution in [2.24, 2.45) is 5.92 Å². The minimum atomic E-state index is -0.224. The molecule has 0 aliphatic heterocycles. The molecule has 1 N–H and O–H groups in total. The molecule has 2 aromatic carbocycles. The Kier molecular flexibility index (Phi) is 15.7. The third-order valence-corrected chi connectivity index (χ3v) is 7.66. The molecule has 0 aliphatic carbocycles. The van der Waals surface area contributed by atoms with Gasteiger partial charge in [-0.1, -0.05) is 46.2 Å². The Balaban J connectivity index is 0.000000465. The van der Waals surface area contributed by atoms with E-state index in [-0.39, 0.29) is 17.6 Å². The average molecular weight is 636 g/mol. The van der Waals surface area contributed by atoms with Gasteiger partial charge in [0.05, 0.1) is 22.5 Å². The van der Waals surface area contributed by atoms with Crippen molar-refractivity contribution >= 4 is 28.3 Å². The minimum Gasteiger partial charge on any atom is -0.467 e. The summed E-state index contributed by atoms with van der Waals surface area (Å²) in [4.78, 5) is 34.8. The molecule has 2 aromatic heterocycles. The predicted octanol–water partition coefficient (Wildman–Crippen LogP) is 11.4. The van der Waals surface area contributed by atoms with E-state index in [9.17, 15) is 9.59 Å². The van der Waals surface area contributed by atoms with Crippen LogP contribution in [-0.4, -0.2) is 21.7 Å². The van der Waals surface area contributed by atoms with Gasteiger partial charge in [0.1, 0.15) is 5.76 Å². The number of carbonyl (C=O) groups excluding carboxylic acids is 2. The number of ketones is 1. The summed E-state index contributed by atoms with van der Waals surface area (Å²) in [6.07, 6.45) is 8.41. The molecule has 0 bridgehead atoms. The summed E-state index contributed by atoms with van der Waals surface area (Å²) in [5.41, 5.74) is 7.53. The van der Waals surface area contributed by atoms with E-state index in [0.29, 0.717) is 22.5 Å². The van der Waals surface area contributed by atoms with Crippen LogP contribution in [0.15, 0.2) is 90.2 Å². The molecule has 1 atom stereocenters. The normalized spacial score (nSPS) is 11.3. The molecule has 0 unspecified atom stereocenters. The van der Waals surface area contributed by atoms with Crippen LogP contribution in [0.5, 0.6) is 0 Å². The van der Waals surface area contributed by atoms with Crippen molar-refractivity contribution in [3.05, 3.63) is 112 Å². The van der Waals surface area contributed by atoms with Crippen LogP contribution in [0.25, 0.3) is 22.2 Å². The summed E-state index contributed by atoms with van der Waals surface area (Å²) in [6, 6.07) is 16.7. The van der Waals surface area contributed by atoms with Crippen LogP contribution in [0.4, 0.5) is 5.69 Å². The van der Waals surface area contributed by atoms with Crippen LogP contribution in [0.1, 0.15) is 113 Å². The molecule has 1 amide bonds. The molecule has 0 spiro atoms. The molecule has 47 heavy (non-hydrogen) atoms. The van der Waals surface area contributed by atoms with E-state index in [4.69, 9.17) is 9.72 Å². The van der Waals surface area contributed by atoms with E-state index in [0.717, 1.165) is 58.4 Å². The molecular weight excluding hydrogens is 582 g/mol. The number of carbonyl (C=O) groups is 2.